The first-order chi connectivity index (χ1) is 6.09. The fourth-order valence-corrected chi connectivity index (χ4v) is 1.48. The van der Waals surface area contributed by atoms with Crippen molar-refractivity contribution in [2.24, 2.45) is 11.7 Å². The van der Waals surface area contributed by atoms with Crippen LogP contribution >= 0.6 is 0 Å². The lowest BCUT2D eigenvalue weighted by Gasteiger charge is -2.28. The molecule has 0 unspecified atom stereocenters. The van der Waals surface area contributed by atoms with Gasteiger partial charge in [-0.05, 0) is 31.6 Å². The Bertz CT molecular complexity index is 176. The van der Waals surface area contributed by atoms with Gasteiger partial charge < -0.3 is 11.1 Å². The molecule has 1 rings (SSSR count). The normalized spacial score (nSPS) is 19.7. The summed E-state index contributed by atoms with van der Waals surface area (Å²) in [6.07, 6.45) is 4.27. The molecule has 0 radical (unpaired) electrons. The fourth-order valence-electron chi connectivity index (χ4n) is 1.48. The van der Waals surface area contributed by atoms with Crippen molar-refractivity contribution in [1.82, 2.24) is 5.32 Å². The molecule has 1 saturated carbocycles. The molecule has 1 aliphatic carbocycles. The molecule has 3 nitrogen and oxygen atoms in total. The Morgan fingerprint density at radius 3 is 2.54 bits per heavy atom. The number of hydrogen-bond donors (Lipinski definition) is 2. The summed E-state index contributed by atoms with van der Waals surface area (Å²) in [6, 6.07) is 0.0892. The molecule has 3 N–H and O–H groups in total. The zero-order chi connectivity index (χ0) is 9.84. The Morgan fingerprint density at radius 1 is 1.54 bits per heavy atom. The van der Waals surface area contributed by atoms with Gasteiger partial charge in [-0.1, -0.05) is 13.8 Å². The average molecular weight is 184 g/mol. The molecule has 1 atom stereocenters. The first kappa shape index (κ1) is 10.5. The standard InChI is InChI=1S/C10H20N2O/c1-7(2)6-9(11)10(13)12-8-4-3-5-8/h7-9H,3-6,11H2,1-2H3,(H,12,13)/t9-/m0/s1. The van der Waals surface area contributed by atoms with E-state index in [9.17, 15) is 4.79 Å². The molecular formula is C10H20N2O. The van der Waals surface area contributed by atoms with Crippen molar-refractivity contribution in [3.63, 3.8) is 0 Å². The Balaban J connectivity index is 2.20. The third-order valence-electron chi connectivity index (χ3n) is 2.51. The number of nitrogens with one attached hydrogen (secondary N) is 1. The molecule has 0 aromatic heterocycles. The van der Waals surface area contributed by atoms with E-state index in [1.807, 2.05) is 0 Å². The van der Waals surface area contributed by atoms with Crippen molar-refractivity contribution in [2.45, 2.75) is 51.6 Å². The molecule has 0 aliphatic heterocycles. The van der Waals surface area contributed by atoms with E-state index in [0.717, 1.165) is 19.3 Å². The topological polar surface area (TPSA) is 55.1 Å². The lowest BCUT2D eigenvalue weighted by Crippen LogP contribution is -2.48. The van der Waals surface area contributed by atoms with E-state index in [-0.39, 0.29) is 11.9 Å². The molecule has 1 fully saturated rings. The molecular weight excluding hydrogens is 164 g/mol. The van der Waals surface area contributed by atoms with Crippen molar-refractivity contribution in [3.8, 4) is 0 Å². The minimum Gasteiger partial charge on any atom is -0.352 e. The van der Waals surface area contributed by atoms with Crippen LogP contribution in [0.3, 0.4) is 0 Å². The lowest BCUT2D eigenvalue weighted by atomic mass is 9.92. The molecule has 0 saturated heterocycles. The van der Waals surface area contributed by atoms with Crippen LogP contribution in [0.15, 0.2) is 0 Å². The summed E-state index contributed by atoms with van der Waals surface area (Å²) >= 11 is 0. The first-order valence-electron chi connectivity index (χ1n) is 5.15. The van der Waals surface area contributed by atoms with Crippen LogP contribution in [-0.2, 0) is 4.79 Å². The maximum Gasteiger partial charge on any atom is 0.237 e. The summed E-state index contributed by atoms with van der Waals surface area (Å²) in [5.41, 5.74) is 5.73. The molecule has 1 amide bonds. The smallest absolute Gasteiger partial charge is 0.237 e. The highest BCUT2D eigenvalue weighted by atomic mass is 16.2. The lowest BCUT2D eigenvalue weighted by molar-refractivity contribution is -0.123. The molecule has 0 heterocycles. The predicted octanol–water partition coefficient (Wildman–Crippen LogP) is 1.03. The van der Waals surface area contributed by atoms with Crippen LogP contribution in [0.4, 0.5) is 0 Å². The van der Waals surface area contributed by atoms with Gasteiger partial charge in [0.1, 0.15) is 0 Å². The van der Waals surface area contributed by atoms with E-state index in [2.05, 4.69) is 19.2 Å². The van der Waals surface area contributed by atoms with Gasteiger partial charge in [-0.2, -0.15) is 0 Å². The second-order valence-corrected chi connectivity index (χ2v) is 4.37. The zero-order valence-electron chi connectivity index (χ0n) is 8.55. The molecule has 0 spiro atoms. The van der Waals surface area contributed by atoms with Crippen molar-refractivity contribution >= 4 is 5.91 Å². The number of carbonyl (C=O) groups excluding carboxylic acids is 1. The highest BCUT2D eigenvalue weighted by Gasteiger charge is 2.22. The van der Waals surface area contributed by atoms with Crippen LogP contribution in [0.5, 0.6) is 0 Å². The number of amides is 1. The maximum absolute atomic E-state index is 11.4. The summed E-state index contributed by atoms with van der Waals surface area (Å²) in [5, 5.41) is 2.96. The highest BCUT2D eigenvalue weighted by Crippen LogP contribution is 2.18. The predicted molar refractivity (Wildman–Crippen MR) is 53.2 cm³/mol. The second-order valence-electron chi connectivity index (χ2n) is 4.37. The number of rotatable bonds is 4. The van der Waals surface area contributed by atoms with Crippen LogP contribution < -0.4 is 11.1 Å². The SMILES string of the molecule is CC(C)C[C@H](N)C(=O)NC1CCC1. The van der Waals surface area contributed by atoms with Gasteiger partial charge in [-0.3, -0.25) is 4.79 Å². The molecule has 3 heteroatoms. The quantitative estimate of drug-likeness (QED) is 0.685. The van der Waals surface area contributed by atoms with Gasteiger partial charge in [0.25, 0.3) is 0 Å². The molecule has 0 bridgehead atoms. The van der Waals surface area contributed by atoms with Crippen LogP contribution in [0.2, 0.25) is 0 Å². The summed E-state index contributed by atoms with van der Waals surface area (Å²) in [4.78, 5) is 11.4. The third kappa shape index (κ3) is 3.35. The Morgan fingerprint density at radius 2 is 2.15 bits per heavy atom. The van der Waals surface area contributed by atoms with Gasteiger partial charge in [-0.25, -0.2) is 0 Å². The van der Waals surface area contributed by atoms with E-state index < -0.39 is 0 Å². The highest BCUT2D eigenvalue weighted by molar-refractivity contribution is 5.81. The van der Waals surface area contributed by atoms with Crippen molar-refractivity contribution in [3.05, 3.63) is 0 Å². The Hall–Kier alpha value is -0.570. The third-order valence-corrected chi connectivity index (χ3v) is 2.51. The second kappa shape index (κ2) is 4.61. The number of nitrogens with two attached hydrogens (primary N) is 1. The van der Waals surface area contributed by atoms with E-state index in [1.54, 1.807) is 0 Å². The summed E-state index contributed by atoms with van der Waals surface area (Å²) in [7, 11) is 0. The van der Waals surface area contributed by atoms with Crippen molar-refractivity contribution in [1.29, 1.82) is 0 Å². The van der Waals surface area contributed by atoms with Crippen LogP contribution in [-0.4, -0.2) is 18.0 Å². The molecule has 76 valence electrons. The zero-order valence-corrected chi connectivity index (χ0v) is 8.55. The van der Waals surface area contributed by atoms with Gasteiger partial charge in [0.15, 0.2) is 0 Å². The van der Waals surface area contributed by atoms with Crippen LogP contribution in [0.25, 0.3) is 0 Å². The monoisotopic (exact) mass is 184 g/mol. The largest absolute Gasteiger partial charge is 0.352 e. The van der Waals surface area contributed by atoms with E-state index in [0.29, 0.717) is 12.0 Å². The van der Waals surface area contributed by atoms with Gasteiger partial charge in [0, 0.05) is 6.04 Å². The fraction of sp³-hybridized carbons (Fsp3) is 0.900. The minimum atomic E-state index is -0.319. The summed E-state index contributed by atoms with van der Waals surface area (Å²) in [5.74, 6) is 0.514. The van der Waals surface area contributed by atoms with E-state index in [1.165, 1.54) is 6.42 Å². The molecule has 0 aromatic carbocycles. The minimum absolute atomic E-state index is 0.0263. The Kier molecular flexibility index (Phi) is 3.72. The molecule has 0 aromatic rings. The Labute approximate surface area is 80.1 Å². The number of hydrogen-bond acceptors (Lipinski definition) is 2. The van der Waals surface area contributed by atoms with E-state index >= 15 is 0 Å². The number of carbonyl (C=O) groups is 1. The summed E-state index contributed by atoms with van der Waals surface area (Å²) < 4.78 is 0. The first-order valence-corrected chi connectivity index (χ1v) is 5.15. The van der Waals surface area contributed by atoms with Gasteiger partial charge in [0.05, 0.1) is 6.04 Å². The molecule has 1 aliphatic rings. The van der Waals surface area contributed by atoms with Crippen molar-refractivity contribution < 1.29 is 4.79 Å². The van der Waals surface area contributed by atoms with Gasteiger partial charge in [0.2, 0.25) is 5.91 Å². The van der Waals surface area contributed by atoms with Crippen LogP contribution in [0.1, 0.15) is 39.5 Å². The van der Waals surface area contributed by atoms with Crippen LogP contribution in [0, 0.1) is 5.92 Å². The average Bonchev–Trinajstić information content (AvgIpc) is 1.94. The van der Waals surface area contributed by atoms with E-state index in [4.69, 9.17) is 5.73 Å². The summed E-state index contributed by atoms with van der Waals surface area (Å²) in [6.45, 7) is 4.16. The van der Waals surface area contributed by atoms with Gasteiger partial charge >= 0.3 is 0 Å². The van der Waals surface area contributed by atoms with Crippen molar-refractivity contribution in [2.75, 3.05) is 0 Å². The van der Waals surface area contributed by atoms with Gasteiger partial charge in [-0.15, -0.1) is 0 Å². The molecule has 13 heavy (non-hydrogen) atoms. The maximum atomic E-state index is 11.4.